The molecule has 178 valence electrons. The summed E-state index contributed by atoms with van der Waals surface area (Å²) in [6, 6.07) is 9.95. The van der Waals surface area contributed by atoms with E-state index in [2.05, 4.69) is 0 Å². The summed E-state index contributed by atoms with van der Waals surface area (Å²) in [5.41, 5.74) is 1.66. The third-order valence-electron chi connectivity index (χ3n) is 7.19. The second-order valence-electron chi connectivity index (χ2n) is 10.0. The summed E-state index contributed by atoms with van der Waals surface area (Å²) < 4.78 is 34.8. The van der Waals surface area contributed by atoms with Gasteiger partial charge in [0.15, 0.2) is 0 Å². The molecule has 0 bridgehead atoms. The molecule has 2 aliphatic heterocycles. The van der Waals surface area contributed by atoms with Crippen molar-refractivity contribution >= 4 is 29.6 Å². The van der Waals surface area contributed by atoms with Gasteiger partial charge in [-0.3, -0.25) is 0 Å². The van der Waals surface area contributed by atoms with Crippen LogP contribution in [-0.4, -0.2) is 51.7 Å². The van der Waals surface area contributed by atoms with E-state index in [1.54, 1.807) is 24.3 Å². The van der Waals surface area contributed by atoms with Crippen LogP contribution in [0.15, 0.2) is 36.4 Å². The largest absolute Gasteiger partial charge is 0.497 e. The van der Waals surface area contributed by atoms with Crippen molar-refractivity contribution in [1.82, 2.24) is 9.55 Å². The number of ether oxygens (including phenoxy) is 1. The third kappa shape index (κ3) is 4.02. The number of imidazole rings is 1. The average Bonchev–Trinajstić information content (AvgIpc) is 3.16. The van der Waals surface area contributed by atoms with E-state index in [9.17, 15) is 9.90 Å². The molecule has 3 heterocycles. The van der Waals surface area contributed by atoms with Crippen LogP contribution in [0.2, 0.25) is 0 Å². The molecule has 2 fully saturated rings. The molecule has 2 saturated heterocycles. The fourth-order valence-electron chi connectivity index (χ4n) is 4.30. The topological polar surface area (TPSA) is 82.8 Å². The maximum atomic E-state index is 15.2. The van der Waals surface area contributed by atoms with Gasteiger partial charge in [0, 0.05) is 18.5 Å². The lowest BCUT2D eigenvalue weighted by Gasteiger charge is -2.32. The summed E-state index contributed by atoms with van der Waals surface area (Å²) in [5, 5.41) is 9.41. The number of carbonyl (C=O) groups is 1. The molecule has 1 atom stereocenters. The van der Waals surface area contributed by atoms with Crippen molar-refractivity contribution in [3.05, 3.63) is 59.2 Å². The highest BCUT2D eigenvalue weighted by Gasteiger charge is 2.52. The number of carboxylic acids is 1. The molecule has 3 aromatic rings. The highest BCUT2D eigenvalue weighted by Crippen LogP contribution is 2.36. The minimum absolute atomic E-state index is 0.0621. The number of carboxylic acid groups (broad SMARTS) is 1. The molecular weight excluding hydrogens is 438 g/mol. The van der Waals surface area contributed by atoms with Gasteiger partial charge in [0.2, 0.25) is 0 Å². The lowest BCUT2D eigenvalue weighted by molar-refractivity contribution is -0.0589. The van der Waals surface area contributed by atoms with Crippen molar-refractivity contribution in [2.24, 2.45) is 0 Å². The van der Waals surface area contributed by atoms with E-state index in [1.807, 2.05) is 38.3 Å². The van der Waals surface area contributed by atoms with Crippen LogP contribution in [0.1, 0.15) is 55.9 Å². The second-order valence-corrected chi connectivity index (χ2v) is 10.0. The zero-order valence-electron chi connectivity index (χ0n) is 19.8. The molecule has 0 amide bonds. The van der Waals surface area contributed by atoms with Gasteiger partial charge in [-0.15, -0.1) is 0 Å². The van der Waals surface area contributed by atoms with Gasteiger partial charge in [-0.05, 0) is 63.9 Å². The molecule has 0 saturated carbocycles. The number of rotatable bonds is 6. The number of benzene rings is 2. The summed E-state index contributed by atoms with van der Waals surface area (Å²) in [6.07, 6.45) is 1.40. The molecule has 7 nitrogen and oxygen atoms in total. The molecule has 0 aliphatic carbocycles. The minimum atomic E-state index is -0.989. The summed E-state index contributed by atoms with van der Waals surface area (Å²) in [6.45, 7) is 9.04. The summed E-state index contributed by atoms with van der Waals surface area (Å²) in [7, 11) is -0.770. The van der Waals surface area contributed by atoms with Crippen LogP contribution in [0.5, 0.6) is 0 Å². The Bertz CT molecular complexity index is 1250. The van der Waals surface area contributed by atoms with Crippen LogP contribution in [-0.2, 0) is 27.0 Å². The summed E-state index contributed by atoms with van der Waals surface area (Å²) in [5.74, 6) is -0.651. The molecule has 1 N–H and O–H groups in total. The molecule has 1 aromatic heterocycles. The lowest BCUT2D eigenvalue weighted by Crippen LogP contribution is -2.41. The molecule has 0 spiro atoms. The van der Waals surface area contributed by atoms with Crippen LogP contribution < -0.4 is 5.46 Å². The van der Waals surface area contributed by atoms with Crippen LogP contribution >= 0.6 is 0 Å². The first-order valence-electron chi connectivity index (χ1n) is 11.5. The Morgan fingerprint density at radius 3 is 2.47 bits per heavy atom. The summed E-state index contributed by atoms with van der Waals surface area (Å²) in [4.78, 5) is 16.2. The first kappa shape index (κ1) is 23.0. The quantitative estimate of drug-likeness (QED) is 0.560. The fraction of sp³-hybridized carbons (Fsp3) is 0.440. The molecule has 2 aromatic carbocycles. The van der Waals surface area contributed by atoms with Gasteiger partial charge in [-0.25, -0.2) is 14.2 Å². The standard InChI is InChI=1S/C25H28BFN2O5/c1-24(2)25(3,4)34-26(33-24)18-7-5-15(11-19(18)27)12-22-28-20-8-6-16(23(30)31)13-21(20)29(22)14-17-9-10-32-17/h5-8,11,13,17H,9-10,12,14H2,1-4H3,(H,30,31)/t17-/m0/s1. The number of nitrogens with zero attached hydrogens (tertiary/aromatic N) is 2. The number of hydrogen-bond acceptors (Lipinski definition) is 5. The lowest BCUT2D eigenvalue weighted by atomic mass is 9.78. The fourth-order valence-corrected chi connectivity index (χ4v) is 4.30. The smallest absolute Gasteiger partial charge is 0.478 e. The van der Waals surface area contributed by atoms with Crippen molar-refractivity contribution in [2.45, 2.75) is 64.4 Å². The van der Waals surface area contributed by atoms with E-state index < -0.39 is 30.1 Å². The Morgan fingerprint density at radius 1 is 1.18 bits per heavy atom. The van der Waals surface area contributed by atoms with E-state index in [1.165, 1.54) is 6.07 Å². The van der Waals surface area contributed by atoms with Gasteiger partial charge >= 0.3 is 13.1 Å². The SMILES string of the molecule is CC1(C)OB(c2ccc(Cc3nc4ccc(C(=O)O)cc4n3C[C@@H]3CCO3)cc2F)OC1(C)C. The number of aromatic nitrogens is 2. The summed E-state index contributed by atoms with van der Waals surface area (Å²) >= 11 is 0. The van der Waals surface area contributed by atoms with Gasteiger partial charge in [-0.2, -0.15) is 0 Å². The second kappa shape index (κ2) is 8.18. The Balaban J connectivity index is 1.45. The normalized spacial score (nSPS) is 21.1. The highest BCUT2D eigenvalue weighted by atomic mass is 19.1. The van der Waals surface area contributed by atoms with Crippen LogP contribution in [0.25, 0.3) is 11.0 Å². The zero-order valence-corrected chi connectivity index (χ0v) is 19.8. The van der Waals surface area contributed by atoms with Gasteiger partial charge in [0.1, 0.15) is 11.6 Å². The van der Waals surface area contributed by atoms with Crippen molar-refractivity contribution in [2.75, 3.05) is 6.61 Å². The molecular formula is C25H28BFN2O5. The van der Waals surface area contributed by atoms with E-state index in [0.29, 0.717) is 23.9 Å². The molecule has 34 heavy (non-hydrogen) atoms. The van der Waals surface area contributed by atoms with Gasteiger partial charge in [-0.1, -0.05) is 12.1 Å². The van der Waals surface area contributed by atoms with E-state index in [4.69, 9.17) is 19.0 Å². The van der Waals surface area contributed by atoms with Gasteiger partial charge < -0.3 is 23.7 Å². The van der Waals surface area contributed by atoms with E-state index in [-0.39, 0.29) is 11.7 Å². The number of halogens is 1. The van der Waals surface area contributed by atoms with E-state index in [0.717, 1.165) is 29.9 Å². The minimum Gasteiger partial charge on any atom is -0.478 e. The zero-order chi connectivity index (χ0) is 24.3. The predicted molar refractivity (Wildman–Crippen MR) is 126 cm³/mol. The Kier molecular flexibility index (Phi) is 5.54. The van der Waals surface area contributed by atoms with Crippen molar-refractivity contribution in [3.63, 3.8) is 0 Å². The maximum Gasteiger partial charge on any atom is 0.497 e. The van der Waals surface area contributed by atoms with Crippen LogP contribution in [0.4, 0.5) is 4.39 Å². The van der Waals surface area contributed by atoms with Gasteiger partial charge in [0.05, 0.1) is 40.4 Å². The Labute approximate surface area is 198 Å². The number of hydrogen-bond donors (Lipinski definition) is 1. The molecule has 0 radical (unpaired) electrons. The Hall–Kier alpha value is -2.75. The number of fused-ring (bicyclic) bond motifs is 1. The van der Waals surface area contributed by atoms with E-state index >= 15 is 4.39 Å². The molecule has 0 unspecified atom stereocenters. The van der Waals surface area contributed by atoms with Gasteiger partial charge in [0.25, 0.3) is 0 Å². The van der Waals surface area contributed by atoms with Crippen LogP contribution in [0, 0.1) is 5.82 Å². The third-order valence-corrected chi connectivity index (χ3v) is 7.19. The van der Waals surface area contributed by atoms with Crippen LogP contribution in [0.3, 0.4) is 0 Å². The average molecular weight is 466 g/mol. The highest BCUT2D eigenvalue weighted by molar-refractivity contribution is 6.62. The van der Waals surface area contributed by atoms with Crippen molar-refractivity contribution < 1.29 is 28.3 Å². The monoisotopic (exact) mass is 466 g/mol. The Morgan fingerprint density at radius 2 is 1.88 bits per heavy atom. The van der Waals surface area contributed by atoms with Crippen molar-refractivity contribution in [1.29, 1.82) is 0 Å². The predicted octanol–water partition coefficient (Wildman–Crippen LogP) is 3.55. The first-order chi connectivity index (χ1) is 16.0. The first-order valence-corrected chi connectivity index (χ1v) is 11.5. The molecule has 9 heteroatoms. The number of aromatic carboxylic acids is 1. The maximum absolute atomic E-state index is 15.2. The molecule has 5 rings (SSSR count). The molecule has 2 aliphatic rings. The van der Waals surface area contributed by atoms with Crippen molar-refractivity contribution in [3.8, 4) is 0 Å².